The number of para-hydroxylation sites is 1. The van der Waals surface area contributed by atoms with Crippen LogP contribution in [0.3, 0.4) is 0 Å². The molecule has 19 heavy (non-hydrogen) atoms. The first-order chi connectivity index (χ1) is 9.24. The van der Waals surface area contributed by atoms with E-state index >= 15 is 0 Å². The summed E-state index contributed by atoms with van der Waals surface area (Å²) in [4.78, 5) is 2.27. The van der Waals surface area contributed by atoms with Crippen LogP contribution in [0.15, 0.2) is 34.9 Å². The quantitative estimate of drug-likeness (QED) is 0.900. The smallest absolute Gasteiger partial charge is 0.133 e. The van der Waals surface area contributed by atoms with Gasteiger partial charge in [0.25, 0.3) is 0 Å². The second-order valence-corrected chi connectivity index (χ2v) is 5.07. The van der Waals surface area contributed by atoms with Crippen LogP contribution in [0, 0.1) is 6.92 Å². The van der Waals surface area contributed by atoms with Crippen LogP contribution in [0.5, 0.6) is 0 Å². The molecule has 2 heterocycles. The van der Waals surface area contributed by atoms with Crippen molar-refractivity contribution in [3.63, 3.8) is 0 Å². The van der Waals surface area contributed by atoms with E-state index < -0.39 is 0 Å². The van der Waals surface area contributed by atoms with Gasteiger partial charge in [0.05, 0.1) is 12.6 Å². The van der Waals surface area contributed by atoms with Crippen LogP contribution >= 0.6 is 0 Å². The molecule has 0 saturated carbocycles. The molecule has 1 aliphatic rings. The van der Waals surface area contributed by atoms with Crippen LogP contribution in [-0.4, -0.2) is 16.8 Å². The van der Waals surface area contributed by atoms with Gasteiger partial charge in [0.15, 0.2) is 0 Å². The topological polar surface area (TPSA) is 49.5 Å². The maximum atomic E-state index is 10.2. The summed E-state index contributed by atoms with van der Waals surface area (Å²) >= 11 is 0. The van der Waals surface area contributed by atoms with E-state index in [4.69, 9.17) is 4.52 Å². The zero-order chi connectivity index (χ0) is 13.2. The molecule has 0 spiro atoms. The van der Waals surface area contributed by atoms with Crippen molar-refractivity contribution in [2.45, 2.75) is 32.4 Å². The number of benzene rings is 1. The van der Waals surface area contributed by atoms with Gasteiger partial charge in [-0.05, 0) is 25.8 Å². The SMILES string of the molecule is Cc1cc(CN2CCCC(O)c3ccccc32)no1. The molecule has 3 rings (SSSR count). The van der Waals surface area contributed by atoms with Gasteiger partial charge in [-0.25, -0.2) is 0 Å². The zero-order valence-corrected chi connectivity index (χ0v) is 11.0. The van der Waals surface area contributed by atoms with Crippen molar-refractivity contribution in [3.05, 3.63) is 47.3 Å². The Kier molecular flexibility index (Phi) is 3.25. The average Bonchev–Trinajstić information content (AvgIpc) is 2.75. The standard InChI is InChI=1S/C15H18N2O2/c1-11-9-12(16-19-11)10-17-8-4-7-15(18)13-5-2-3-6-14(13)17/h2-3,5-6,9,15,18H,4,7-8,10H2,1H3. The molecule has 1 aliphatic heterocycles. The molecule has 0 aliphatic carbocycles. The molecule has 1 unspecified atom stereocenters. The van der Waals surface area contributed by atoms with Gasteiger partial charge >= 0.3 is 0 Å². The van der Waals surface area contributed by atoms with Crippen LogP contribution in [0.1, 0.15) is 36.0 Å². The van der Waals surface area contributed by atoms with E-state index in [9.17, 15) is 5.11 Å². The Bertz CT molecular complexity index is 565. The number of fused-ring (bicyclic) bond motifs is 1. The first-order valence-electron chi connectivity index (χ1n) is 6.68. The molecular formula is C15H18N2O2. The number of aryl methyl sites for hydroxylation is 1. The Balaban J connectivity index is 1.91. The number of aromatic nitrogens is 1. The Morgan fingerprint density at radius 2 is 2.26 bits per heavy atom. The van der Waals surface area contributed by atoms with E-state index in [2.05, 4.69) is 16.1 Å². The maximum Gasteiger partial charge on any atom is 0.133 e. The summed E-state index contributed by atoms with van der Waals surface area (Å²) in [5.74, 6) is 0.832. The molecule has 0 amide bonds. The fourth-order valence-corrected chi connectivity index (χ4v) is 2.66. The van der Waals surface area contributed by atoms with Crippen molar-refractivity contribution < 1.29 is 9.63 Å². The van der Waals surface area contributed by atoms with Crippen LogP contribution in [0.25, 0.3) is 0 Å². The predicted molar refractivity (Wildman–Crippen MR) is 72.9 cm³/mol. The van der Waals surface area contributed by atoms with Gasteiger partial charge in [0.2, 0.25) is 0 Å². The van der Waals surface area contributed by atoms with Crippen molar-refractivity contribution in [3.8, 4) is 0 Å². The lowest BCUT2D eigenvalue weighted by atomic mass is 10.0. The Labute approximate surface area is 112 Å². The zero-order valence-electron chi connectivity index (χ0n) is 11.0. The van der Waals surface area contributed by atoms with E-state index in [-0.39, 0.29) is 6.10 Å². The molecule has 1 aromatic heterocycles. The second kappa shape index (κ2) is 5.05. The Morgan fingerprint density at radius 1 is 1.42 bits per heavy atom. The largest absolute Gasteiger partial charge is 0.388 e. The third-order valence-electron chi connectivity index (χ3n) is 3.57. The van der Waals surface area contributed by atoms with Crippen molar-refractivity contribution in [2.24, 2.45) is 0 Å². The molecule has 4 nitrogen and oxygen atoms in total. The summed E-state index contributed by atoms with van der Waals surface area (Å²) in [5, 5.41) is 14.2. The molecule has 0 saturated heterocycles. The molecule has 0 radical (unpaired) electrons. The highest BCUT2D eigenvalue weighted by Crippen LogP contribution is 2.33. The lowest BCUT2D eigenvalue weighted by molar-refractivity contribution is 0.168. The van der Waals surface area contributed by atoms with Crippen LogP contribution in [0.4, 0.5) is 5.69 Å². The van der Waals surface area contributed by atoms with Crippen molar-refractivity contribution in [1.82, 2.24) is 5.16 Å². The van der Waals surface area contributed by atoms with Gasteiger partial charge in [-0.1, -0.05) is 23.4 Å². The Hall–Kier alpha value is -1.81. The number of nitrogens with zero attached hydrogens (tertiary/aromatic N) is 2. The highest BCUT2D eigenvalue weighted by Gasteiger charge is 2.21. The summed E-state index contributed by atoms with van der Waals surface area (Å²) in [7, 11) is 0. The number of aliphatic hydroxyl groups excluding tert-OH is 1. The molecular weight excluding hydrogens is 240 g/mol. The maximum absolute atomic E-state index is 10.2. The van der Waals surface area contributed by atoms with Gasteiger partial charge in [-0.15, -0.1) is 0 Å². The first-order valence-corrected chi connectivity index (χ1v) is 6.68. The van der Waals surface area contributed by atoms with E-state index in [1.807, 2.05) is 31.2 Å². The summed E-state index contributed by atoms with van der Waals surface area (Å²) in [6, 6.07) is 10.0. The van der Waals surface area contributed by atoms with Crippen molar-refractivity contribution >= 4 is 5.69 Å². The van der Waals surface area contributed by atoms with Crippen molar-refractivity contribution in [2.75, 3.05) is 11.4 Å². The summed E-state index contributed by atoms with van der Waals surface area (Å²) in [6.45, 7) is 3.55. The minimum Gasteiger partial charge on any atom is -0.388 e. The molecule has 1 atom stereocenters. The number of anilines is 1. The molecule has 4 heteroatoms. The molecule has 0 bridgehead atoms. The van der Waals surface area contributed by atoms with Gasteiger partial charge in [-0.3, -0.25) is 0 Å². The number of rotatable bonds is 2. The average molecular weight is 258 g/mol. The monoisotopic (exact) mass is 258 g/mol. The van der Waals surface area contributed by atoms with Crippen LogP contribution < -0.4 is 4.90 Å². The van der Waals surface area contributed by atoms with Gasteiger partial charge in [0.1, 0.15) is 11.5 Å². The van der Waals surface area contributed by atoms with Crippen LogP contribution in [0.2, 0.25) is 0 Å². The minimum atomic E-state index is -0.361. The molecule has 0 fully saturated rings. The second-order valence-electron chi connectivity index (χ2n) is 5.07. The minimum absolute atomic E-state index is 0.361. The fraction of sp³-hybridized carbons (Fsp3) is 0.400. The third kappa shape index (κ3) is 2.49. The lowest BCUT2D eigenvalue weighted by Crippen LogP contribution is -2.23. The highest BCUT2D eigenvalue weighted by atomic mass is 16.5. The summed E-state index contributed by atoms with van der Waals surface area (Å²) < 4.78 is 5.12. The van der Waals surface area contributed by atoms with E-state index in [1.54, 1.807) is 0 Å². The number of hydrogen-bond acceptors (Lipinski definition) is 4. The highest BCUT2D eigenvalue weighted by molar-refractivity contribution is 5.55. The number of aliphatic hydroxyl groups is 1. The third-order valence-corrected chi connectivity index (χ3v) is 3.57. The number of hydrogen-bond donors (Lipinski definition) is 1. The fourth-order valence-electron chi connectivity index (χ4n) is 2.66. The summed E-state index contributed by atoms with van der Waals surface area (Å²) in [5.41, 5.74) is 3.05. The molecule has 1 aromatic carbocycles. The van der Waals surface area contributed by atoms with Gasteiger partial charge < -0.3 is 14.5 Å². The normalized spacial score (nSPS) is 19.1. The molecule has 100 valence electrons. The van der Waals surface area contributed by atoms with Crippen LogP contribution in [-0.2, 0) is 6.54 Å². The Morgan fingerprint density at radius 3 is 3.05 bits per heavy atom. The lowest BCUT2D eigenvalue weighted by Gasteiger charge is -2.24. The van der Waals surface area contributed by atoms with E-state index in [1.165, 1.54) is 0 Å². The molecule has 2 aromatic rings. The van der Waals surface area contributed by atoms with Crippen molar-refractivity contribution in [1.29, 1.82) is 0 Å². The van der Waals surface area contributed by atoms with E-state index in [0.29, 0.717) is 0 Å². The predicted octanol–water partition coefficient (Wildman–Crippen LogP) is 2.82. The van der Waals surface area contributed by atoms with Gasteiger partial charge in [0, 0.05) is 23.9 Å². The van der Waals surface area contributed by atoms with Gasteiger partial charge in [-0.2, -0.15) is 0 Å². The molecule has 1 N–H and O–H groups in total. The summed E-state index contributed by atoms with van der Waals surface area (Å²) in [6.07, 6.45) is 1.43. The van der Waals surface area contributed by atoms with E-state index in [0.717, 1.165) is 48.6 Å². The first kappa shape index (κ1) is 12.2.